The third-order valence-electron chi connectivity index (χ3n) is 6.88. The summed E-state index contributed by atoms with van der Waals surface area (Å²) in [6.45, 7) is 42.8. The van der Waals surface area contributed by atoms with Gasteiger partial charge in [0.1, 0.15) is 0 Å². The molecule has 0 aromatic rings. The number of nitrogens with zero attached hydrogens (tertiary/aromatic N) is 2. The molecule has 0 unspecified atom stereocenters. The van der Waals surface area contributed by atoms with E-state index in [1.807, 2.05) is 0 Å². The Labute approximate surface area is 189 Å². The molecule has 0 heterocycles. The largest absolute Gasteiger partial charge is 0.317 e. The Morgan fingerprint density at radius 2 is 0.862 bits per heavy atom. The zero-order valence-corrected chi connectivity index (χ0v) is 27.0. The highest BCUT2D eigenvalue weighted by atomic mass is 31.2. The lowest BCUT2D eigenvalue weighted by Crippen LogP contribution is -2.62. The topological polar surface area (TPSA) is 15.6 Å². The summed E-state index contributed by atoms with van der Waals surface area (Å²) in [5.41, 5.74) is 4.18. The minimum Gasteiger partial charge on any atom is -0.317 e. The van der Waals surface area contributed by atoms with Crippen molar-refractivity contribution >= 4 is 31.1 Å². The fourth-order valence-corrected chi connectivity index (χ4v) is 40.9. The lowest BCUT2D eigenvalue weighted by Gasteiger charge is -2.56. The van der Waals surface area contributed by atoms with Crippen molar-refractivity contribution < 1.29 is 0 Å². The van der Waals surface area contributed by atoms with E-state index in [1.54, 1.807) is 0 Å². The lowest BCUT2D eigenvalue weighted by molar-refractivity contribution is 0.790. The summed E-state index contributed by atoms with van der Waals surface area (Å²) < 4.78 is 9.37. The molecule has 0 aliphatic heterocycles. The molecule has 0 radical (unpaired) electrons. The third kappa shape index (κ3) is 5.70. The second-order valence-corrected chi connectivity index (χ2v) is 32.2. The predicted octanol–water partition coefficient (Wildman–Crippen LogP) is 9.41. The zero-order valence-electron chi connectivity index (χ0n) is 23.3. The quantitative estimate of drug-likeness (QED) is 0.225. The van der Waals surface area contributed by atoms with Crippen LogP contribution in [0.1, 0.15) is 83.1 Å². The van der Waals surface area contributed by atoms with Gasteiger partial charge in [0.05, 0.1) is 24.4 Å². The highest BCUT2D eigenvalue weighted by molar-refractivity contribution is 7.79. The van der Waals surface area contributed by atoms with Crippen molar-refractivity contribution in [2.75, 3.05) is 0 Å². The Balaban J connectivity index is 7.35. The lowest BCUT2D eigenvalue weighted by atomic mass is 10.5. The Hall–Kier alpha value is 1.05. The monoisotopic (exact) mass is 479 g/mol. The van der Waals surface area contributed by atoms with Crippen LogP contribution in [-0.2, 0) is 0 Å². The molecule has 0 saturated carbocycles. The molecule has 0 aromatic heterocycles. The molecule has 0 aromatic carbocycles. The van der Waals surface area contributed by atoms with Crippen LogP contribution in [0.15, 0.2) is 4.41 Å². The average Bonchev–Trinajstić information content (AvgIpc) is 2.46. The number of hydrogen-bond acceptors (Lipinski definition) is 2. The molecule has 0 N–H and O–H groups in total. The summed E-state index contributed by atoms with van der Waals surface area (Å²) >= 11 is 0. The number of hydrogen-bond donors (Lipinski definition) is 0. The van der Waals surface area contributed by atoms with E-state index in [9.17, 15) is 0 Å². The molecule has 0 aliphatic carbocycles. The maximum atomic E-state index is 6.16. The van der Waals surface area contributed by atoms with E-state index >= 15 is 0 Å². The Bertz CT molecular complexity index is 524. The van der Waals surface area contributed by atoms with E-state index in [-0.39, 0.29) is 0 Å². The summed E-state index contributed by atoms with van der Waals surface area (Å²) in [6, 6.07) is 0. The molecule has 0 fully saturated rings. The van der Waals surface area contributed by atoms with Gasteiger partial charge in [0.15, 0.2) is 8.24 Å². The van der Waals surface area contributed by atoms with E-state index < -0.39 is 31.1 Å². The van der Waals surface area contributed by atoms with Crippen LogP contribution < -0.4 is 0 Å². The van der Waals surface area contributed by atoms with Gasteiger partial charge in [-0.3, -0.25) is 0 Å². The first kappa shape index (κ1) is 30.1. The van der Waals surface area contributed by atoms with Crippen LogP contribution in [0.2, 0.25) is 32.7 Å². The molecule has 0 rings (SSSR count). The van der Waals surface area contributed by atoms with Crippen molar-refractivity contribution in [2.45, 2.75) is 150 Å². The van der Waals surface area contributed by atoms with E-state index in [4.69, 9.17) is 4.41 Å². The average molecular weight is 480 g/mol. The highest BCUT2D eigenvalue weighted by Gasteiger charge is 2.62. The normalized spacial score (nSPS) is 15.2. The molecule has 6 heteroatoms. The van der Waals surface area contributed by atoms with Gasteiger partial charge in [-0.2, -0.15) is 0 Å². The Morgan fingerprint density at radius 3 is 1.03 bits per heavy atom. The van der Waals surface area contributed by atoms with Gasteiger partial charge in [-0.05, 0) is 78.7 Å². The van der Waals surface area contributed by atoms with Crippen LogP contribution in [0.3, 0.4) is 0 Å². The first-order valence-corrected chi connectivity index (χ1v) is 22.3. The van der Waals surface area contributed by atoms with Crippen LogP contribution in [0.25, 0.3) is 0 Å². The molecule has 0 aliphatic rings. The minimum absolute atomic E-state index is 0.669. The van der Waals surface area contributed by atoms with Crippen LogP contribution in [0, 0.1) is 0 Å². The molecular formula is C23H57N2P2Si2+. The SMILES string of the molecule is CC(C)P(=N[Si](C)(C)N([Si](C)(C)C)[P+](C(C)C)(C(C)C)C(C)C)(C(C)C)C(C)C. The summed E-state index contributed by atoms with van der Waals surface area (Å²) in [5, 5.41) is 0. The summed E-state index contributed by atoms with van der Waals surface area (Å²) in [6.07, 6.45) is 0. The maximum absolute atomic E-state index is 6.16. The Kier molecular flexibility index (Phi) is 10.7. The maximum Gasteiger partial charge on any atom is 0.273 e. The highest BCUT2D eigenvalue weighted by Crippen LogP contribution is 2.76. The van der Waals surface area contributed by atoms with Gasteiger partial charge in [-0.1, -0.05) is 61.2 Å². The van der Waals surface area contributed by atoms with Crippen LogP contribution in [-0.4, -0.2) is 54.6 Å². The third-order valence-corrected chi connectivity index (χ3v) is 32.2. The van der Waals surface area contributed by atoms with Gasteiger partial charge in [0.2, 0.25) is 0 Å². The van der Waals surface area contributed by atoms with Gasteiger partial charge < -0.3 is 4.41 Å². The molecular weight excluding hydrogens is 422 g/mol. The van der Waals surface area contributed by atoms with Gasteiger partial charge >= 0.3 is 0 Å². The second-order valence-electron chi connectivity index (χ2n) is 12.2. The molecule has 0 bridgehead atoms. The molecule has 0 saturated heterocycles. The fraction of sp³-hybridized carbons (Fsp3) is 1.00. The molecule has 176 valence electrons. The van der Waals surface area contributed by atoms with E-state index in [0.717, 1.165) is 17.0 Å². The molecule has 2 nitrogen and oxygen atoms in total. The predicted molar refractivity (Wildman–Crippen MR) is 150 cm³/mol. The van der Waals surface area contributed by atoms with Crippen molar-refractivity contribution in [3.63, 3.8) is 0 Å². The van der Waals surface area contributed by atoms with E-state index in [2.05, 4.69) is 120 Å². The molecule has 0 spiro atoms. The van der Waals surface area contributed by atoms with Crippen LogP contribution in [0.5, 0.6) is 0 Å². The molecule has 0 atom stereocenters. The van der Waals surface area contributed by atoms with Crippen LogP contribution >= 0.6 is 14.5 Å². The van der Waals surface area contributed by atoms with Gasteiger partial charge in [0, 0.05) is 0 Å². The first-order valence-electron chi connectivity index (χ1n) is 12.0. The van der Waals surface area contributed by atoms with E-state index in [0.29, 0.717) is 17.0 Å². The second kappa shape index (κ2) is 10.3. The van der Waals surface area contributed by atoms with Crippen molar-refractivity contribution in [2.24, 2.45) is 4.41 Å². The van der Waals surface area contributed by atoms with E-state index in [1.165, 1.54) is 0 Å². The van der Waals surface area contributed by atoms with Gasteiger partial charge in [-0.25, -0.2) is 4.00 Å². The van der Waals surface area contributed by atoms with Crippen molar-refractivity contribution in [1.29, 1.82) is 0 Å². The zero-order chi connectivity index (χ0) is 23.7. The fourth-order valence-electron chi connectivity index (χ4n) is 6.85. The summed E-state index contributed by atoms with van der Waals surface area (Å²) in [4.78, 5) is 0. The van der Waals surface area contributed by atoms with Crippen molar-refractivity contribution in [3.05, 3.63) is 0 Å². The first-order chi connectivity index (χ1) is 12.7. The van der Waals surface area contributed by atoms with Crippen molar-refractivity contribution in [3.8, 4) is 0 Å². The smallest absolute Gasteiger partial charge is 0.273 e. The summed E-state index contributed by atoms with van der Waals surface area (Å²) in [7, 11) is -6.37. The minimum atomic E-state index is -2.00. The van der Waals surface area contributed by atoms with Gasteiger partial charge in [-0.15, -0.1) is 0 Å². The number of rotatable bonds is 10. The molecule has 29 heavy (non-hydrogen) atoms. The standard InChI is InChI=1S/C23H57N2P2Si2/c1-18(2)26(19(3)4,20(5)6)24-29(16,17)25(28(13,14)15)27(21(7)8,22(9)10)23(11)12/h18-23H,1-17H3/q+1. The van der Waals surface area contributed by atoms with Crippen molar-refractivity contribution in [1.82, 2.24) is 4.00 Å². The van der Waals surface area contributed by atoms with Crippen LogP contribution in [0.4, 0.5) is 0 Å². The summed E-state index contributed by atoms with van der Waals surface area (Å²) in [5.74, 6) is 0. The molecule has 0 amide bonds. The van der Waals surface area contributed by atoms with Gasteiger partial charge in [0.25, 0.3) is 8.40 Å². The Morgan fingerprint density at radius 1 is 0.586 bits per heavy atom.